The van der Waals surface area contributed by atoms with Crippen LogP contribution in [-0.2, 0) is 4.74 Å². The summed E-state index contributed by atoms with van der Waals surface area (Å²) < 4.78 is 17.8. The van der Waals surface area contributed by atoms with E-state index >= 15 is 0 Å². The first-order valence-electron chi connectivity index (χ1n) is 4.19. The van der Waals surface area contributed by atoms with E-state index < -0.39 is 11.8 Å². The second-order valence-electron chi connectivity index (χ2n) is 3.02. The van der Waals surface area contributed by atoms with E-state index in [4.69, 9.17) is 5.73 Å². The van der Waals surface area contributed by atoms with E-state index in [2.05, 4.69) is 4.74 Å². The van der Waals surface area contributed by atoms with Crippen LogP contribution in [0.1, 0.15) is 28.9 Å². The lowest BCUT2D eigenvalue weighted by molar-refractivity contribution is 0.0600. The van der Waals surface area contributed by atoms with Gasteiger partial charge in [-0.15, -0.1) is 0 Å². The van der Waals surface area contributed by atoms with E-state index in [9.17, 15) is 9.18 Å². The van der Waals surface area contributed by atoms with Crippen LogP contribution in [0.2, 0.25) is 0 Å². The van der Waals surface area contributed by atoms with Gasteiger partial charge < -0.3 is 10.5 Å². The number of ether oxygens (including phenoxy) is 1. The maximum absolute atomic E-state index is 13.3. The zero-order valence-corrected chi connectivity index (χ0v) is 8.08. The average Bonchev–Trinajstić information content (AvgIpc) is 2.15. The molecule has 2 N–H and O–H groups in total. The van der Waals surface area contributed by atoms with Gasteiger partial charge in [0.2, 0.25) is 0 Å². The summed E-state index contributed by atoms with van der Waals surface area (Å²) in [5.74, 6) is -1.04. The van der Waals surface area contributed by atoms with Crippen LogP contribution in [0.15, 0.2) is 18.2 Å². The third-order valence-electron chi connectivity index (χ3n) is 1.91. The van der Waals surface area contributed by atoms with Crippen LogP contribution in [-0.4, -0.2) is 13.1 Å². The minimum Gasteiger partial charge on any atom is -0.465 e. The number of hydrogen-bond acceptors (Lipinski definition) is 3. The fraction of sp³-hybridized carbons (Fsp3) is 0.300. The largest absolute Gasteiger partial charge is 0.465 e. The van der Waals surface area contributed by atoms with Gasteiger partial charge in [0, 0.05) is 11.6 Å². The van der Waals surface area contributed by atoms with Crippen molar-refractivity contribution in [1.82, 2.24) is 0 Å². The van der Waals surface area contributed by atoms with Gasteiger partial charge in [0.05, 0.1) is 12.7 Å². The van der Waals surface area contributed by atoms with Crippen molar-refractivity contribution in [1.29, 1.82) is 0 Å². The van der Waals surface area contributed by atoms with Crippen LogP contribution in [0.25, 0.3) is 0 Å². The molecular formula is C10H12FNO2. The van der Waals surface area contributed by atoms with Gasteiger partial charge in [0.1, 0.15) is 5.82 Å². The number of methoxy groups -OCH3 is 1. The van der Waals surface area contributed by atoms with Crippen molar-refractivity contribution in [2.45, 2.75) is 13.0 Å². The van der Waals surface area contributed by atoms with Crippen LogP contribution in [0.4, 0.5) is 4.39 Å². The number of carbonyl (C=O) groups is 1. The molecule has 0 radical (unpaired) electrons. The van der Waals surface area contributed by atoms with Crippen LogP contribution < -0.4 is 5.73 Å². The second kappa shape index (κ2) is 4.19. The number of benzene rings is 1. The number of hydrogen-bond donors (Lipinski definition) is 1. The molecule has 0 aromatic heterocycles. The van der Waals surface area contributed by atoms with Crippen LogP contribution >= 0.6 is 0 Å². The van der Waals surface area contributed by atoms with Crippen LogP contribution in [0.5, 0.6) is 0 Å². The first-order valence-corrected chi connectivity index (χ1v) is 4.19. The minimum absolute atomic E-state index is 0.189. The lowest BCUT2D eigenvalue weighted by Gasteiger charge is -2.07. The molecule has 1 rings (SSSR count). The van der Waals surface area contributed by atoms with Crippen LogP contribution in [0.3, 0.4) is 0 Å². The Morgan fingerprint density at radius 2 is 2.21 bits per heavy atom. The fourth-order valence-corrected chi connectivity index (χ4v) is 1.14. The van der Waals surface area contributed by atoms with E-state index in [1.807, 2.05) is 0 Å². The number of rotatable bonds is 2. The standard InChI is InChI=1S/C10H12FNO2/c1-6(12)8-4-3-7(5-9(8)11)10(13)14-2/h3-6H,12H2,1-2H3/t6-/m1/s1. The molecule has 0 fully saturated rings. The van der Waals surface area contributed by atoms with E-state index in [-0.39, 0.29) is 11.6 Å². The molecule has 76 valence electrons. The van der Waals surface area contributed by atoms with Crippen molar-refractivity contribution in [2.75, 3.05) is 7.11 Å². The average molecular weight is 197 g/mol. The molecule has 0 amide bonds. The smallest absolute Gasteiger partial charge is 0.337 e. The molecular weight excluding hydrogens is 185 g/mol. The maximum atomic E-state index is 13.3. The molecule has 0 aliphatic carbocycles. The van der Waals surface area contributed by atoms with Crippen LogP contribution in [0, 0.1) is 5.82 Å². The molecule has 0 spiro atoms. The van der Waals surface area contributed by atoms with E-state index in [0.29, 0.717) is 5.56 Å². The molecule has 0 bridgehead atoms. The first kappa shape index (κ1) is 10.7. The first-order chi connectivity index (χ1) is 6.56. The summed E-state index contributed by atoms with van der Waals surface area (Å²) in [6.07, 6.45) is 0. The predicted molar refractivity (Wildman–Crippen MR) is 50.3 cm³/mol. The Morgan fingerprint density at radius 3 is 2.64 bits per heavy atom. The summed E-state index contributed by atoms with van der Waals surface area (Å²) in [5.41, 5.74) is 6.09. The summed E-state index contributed by atoms with van der Waals surface area (Å²) in [6.45, 7) is 1.68. The lowest BCUT2D eigenvalue weighted by atomic mass is 10.1. The van der Waals surface area contributed by atoms with Crippen molar-refractivity contribution in [3.63, 3.8) is 0 Å². The monoisotopic (exact) mass is 197 g/mol. The molecule has 0 saturated heterocycles. The van der Waals surface area contributed by atoms with E-state index in [1.54, 1.807) is 6.92 Å². The molecule has 1 aromatic carbocycles. The third kappa shape index (κ3) is 2.09. The summed E-state index contributed by atoms with van der Waals surface area (Å²) in [5, 5.41) is 0. The van der Waals surface area contributed by atoms with Gasteiger partial charge in [0.15, 0.2) is 0 Å². The van der Waals surface area contributed by atoms with Gasteiger partial charge in [-0.05, 0) is 19.1 Å². The van der Waals surface area contributed by atoms with Gasteiger partial charge in [-0.1, -0.05) is 6.07 Å². The molecule has 4 heteroatoms. The number of carbonyl (C=O) groups excluding carboxylic acids is 1. The Bertz CT molecular complexity index is 350. The summed E-state index contributed by atoms with van der Waals surface area (Å²) in [4.78, 5) is 11.0. The van der Waals surface area contributed by atoms with Crippen molar-refractivity contribution >= 4 is 5.97 Å². The minimum atomic E-state index is -0.555. The summed E-state index contributed by atoms with van der Waals surface area (Å²) in [7, 11) is 1.25. The van der Waals surface area contributed by atoms with Gasteiger partial charge in [0.25, 0.3) is 0 Å². The fourth-order valence-electron chi connectivity index (χ4n) is 1.14. The van der Waals surface area contributed by atoms with Gasteiger partial charge in [-0.2, -0.15) is 0 Å². The summed E-state index contributed by atoms with van der Waals surface area (Å²) >= 11 is 0. The highest BCUT2D eigenvalue weighted by molar-refractivity contribution is 5.89. The predicted octanol–water partition coefficient (Wildman–Crippen LogP) is 1.63. The number of esters is 1. The molecule has 0 unspecified atom stereocenters. The Balaban J connectivity index is 3.06. The van der Waals surface area contributed by atoms with E-state index in [1.165, 1.54) is 19.2 Å². The quantitative estimate of drug-likeness (QED) is 0.733. The van der Waals surface area contributed by atoms with Crippen molar-refractivity contribution in [3.05, 3.63) is 35.1 Å². The molecule has 0 aliphatic rings. The van der Waals surface area contributed by atoms with Gasteiger partial charge >= 0.3 is 5.97 Å². The topological polar surface area (TPSA) is 52.3 Å². The molecule has 1 atom stereocenters. The lowest BCUT2D eigenvalue weighted by Crippen LogP contribution is -2.09. The molecule has 0 heterocycles. The third-order valence-corrected chi connectivity index (χ3v) is 1.91. The molecule has 3 nitrogen and oxygen atoms in total. The highest BCUT2D eigenvalue weighted by Crippen LogP contribution is 2.16. The van der Waals surface area contributed by atoms with Crippen molar-refractivity contribution in [2.24, 2.45) is 5.73 Å². The number of nitrogens with two attached hydrogens (primary N) is 1. The highest BCUT2D eigenvalue weighted by Gasteiger charge is 2.11. The van der Waals surface area contributed by atoms with Crippen molar-refractivity contribution in [3.8, 4) is 0 Å². The zero-order valence-electron chi connectivity index (χ0n) is 8.08. The second-order valence-corrected chi connectivity index (χ2v) is 3.02. The van der Waals surface area contributed by atoms with Gasteiger partial charge in [-0.25, -0.2) is 9.18 Å². The maximum Gasteiger partial charge on any atom is 0.337 e. The molecule has 0 saturated carbocycles. The summed E-state index contributed by atoms with van der Waals surface area (Å²) in [6, 6.07) is 3.73. The molecule has 14 heavy (non-hydrogen) atoms. The zero-order chi connectivity index (χ0) is 10.7. The van der Waals surface area contributed by atoms with E-state index in [0.717, 1.165) is 6.07 Å². The normalized spacial score (nSPS) is 12.3. The van der Waals surface area contributed by atoms with Gasteiger partial charge in [-0.3, -0.25) is 0 Å². The Morgan fingerprint density at radius 1 is 1.57 bits per heavy atom. The Kier molecular flexibility index (Phi) is 3.19. The SMILES string of the molecule is COC(=O)c1ccc([C@@H](C)N)c(F)c1. The molecule has 0 aliphatic heterocycles. The Hall–Kier alpha value is -1.42. The Labute approximate surface area is 81.7 Å². The van der Waals surface area contributed by atoms with Crippen molar-refractivity contribution < 1.29 is 13.9 Å². The molecule has 1 aromatic rings. The number of halogens is 1. The highest BCUT2D eigenvalue weighted by atomic mass is 19.1.